The molecule has 9 heteroatoms. The van der Waals surface area contributed by atoms with Crippen LogP contribution in [-0.4, -0.2) is 40.9 Å². The summed E-state index contributed by atoms with van der Waals surface area (Å²) in [5.74, 6) is 1.44. The molecule has 0 saturated heterocycles. The number of aromatic amines is 1. The standard InChI is InChI=1S/C26H31N7O2/c1-4-5-9-24(34)33-26(35)32(23(29-33)15-10-18(2)3)17-19-11-13-20(14-12-19)21-7-6-8-22(16-21)25-27-30-31-28-25/h6-8,11-14,16,18H,4-5,9-10,15,17H2,1-3H3,(H,27,28,30,31). The fourth-order valence-corrected chi connectivity index (χ4v) is 3.90. The van der Waals surface area contributed by atoms with Crippen LogP contribution in [0.15, 0.2) is 53.3 Å². The predicted molar refractivity (Wildman–Crippen MR) is 134 cm³/mol. The number of rotatable bonds is 10. The Bertz CT molecular complexity index is 1320. The van der Waals surface area contributed by atoms with Crippen LogP contribution in [0.2, 0.25) is 0 Å². The van der Waals surface area contributed by atoms with Crippen molar-refractivity contribution in [1.82, 2.24) is 35.0 Å². The molecule has 0 aliphatic heterocycles. The largest absolute Gasteiger partial charge is 0.353 e. The topological polar surface area (TPSA) is 111 Å². The van der Waals surface area contributed by atoms with Gasteiger partial charge in [-0.15, -0.1) is 20.0 Å². The number of aromatic nitrogens is 7. The van der Waals surface area contributed by atoms with Crippen LogP contribution in [0.4, 0.5) is 0 Å². The minimum Gasteiger partial charge on any atom is -0.274 e. The van der Waals surface area contributed by atoms with Crippen LogP contribution in [0.3, 0.4) is 0 Å². The van der Waals surface area contributed by atoms with E-state index >= 15 is 0 Å². The van der Waals surface area contributed by atoms with Crippen molar-refractivity contribution >= 4 is 5.91 Å². The summed E-state index contributed by atoms with van der Waals surface area (Å²) < 4.78 is 2.70. The molecule has 182 valence electrons. The van der Waals surface area contributed by atoms with E-state index in [4.69, 9.17) is 0 Å². The summed E-state index contributed by atoms with van der Waals surface area (Å²) in [7, 11) is 0. The average Bonchev–Trinajstić information content (AvgIpc) is 3.51. The lowest BCUT2D eigenvalue weighted by Gasteiger charge is -2.09. The molecule has 2 heterocycles. The van der Waals surface area contributed by atoms with Gasteiger partial charge < -0.3 is 0 Å². The maximum Gasteiger partial charge on any atom is 0.353 e. The number of hydrogen-bond donors (Lipinski definition) is 1. The van der Waals surface area contributed by atoms with Crippen molar-refractivity contribution in [1.29, 1.82) is 0 Å². The molecule has 2 aromatic heterocycles. The Morgan fingerprint density at radius 2 is 1.83 bits per heavy atom. The molecule has 0 amide bonds. The fraction of sp³-hybridized carbons (Fsp3) is 0.385. The van der Waals surface area contributed by atoms with Gasteiger partial charge in [-0.05, 0) is 46.7 Å². The number of benzene rings is 2. The number of aryl methyl sites for hydroxylation is 1. The van der Waals surface area contributed by atoms with Crippen molar-refractivity contribution in [2.24, 2.45) is 5.92 Å². The molecule has 4 aromatic rings. The first-order valence-corrected chi connectivity index (χ1v) is 12.1. The van der Waals surface area contributed by atoms with E-state index in [1.165, 1.54) is 0 Å². The smallest absolute Gasteiger partial charge is 0.274 e. The average molecular weight is 474 g/mol. The molecule has 0 spiro atoms. The molecule has 4 rings (SSSR count). The Morgan fingerprint density at radius 1 is 1.06 bits per heavy atom. The van der Waals surface area contributed by atoms with Crippen molar-refractivity contribution in [3.63, 3.8) is 0 Å². The Labute approximate surface area is 204 Å². The first kappa shape index (κ1) is 24.3. The summed E-state index contributed by atoms with van der Waals surface area (Å²) in [5.41, 5.74) is 3.56. The van der Waals surface area contributed by atoms with E-state index in [0.717, 1.165) is 46.2 Å². The van der Waals surface area contributed by atoms with Crippen LogP contribution in [0, 0.1) is 5.92 Å². The van der Waals surface area contributed by atoms with Crippen LogP contribution in [0.25, 0.3) is 22.5 Å². The molecule has 0 fully saturated rings. The highest BCUT2D eigenvalue weighted by atomic mass is 16.2. The highest BCUT2D eigenvalue weighted by Crippen LogP contribution is 2.24. The SMILES string of the molecule is CCCCC(=O)n1nc(CCC(C)C)n(Cc2ccc(-c3cccc(-c4nn[nH]n4)c3)cc2)c1=O. The summed E-state index contributed by atoms with van der Waals surface area (Å²) >= 11 is 0. The lowest BCUT2D eigenvalue weighted by Crippen LogP contribution is -2.30. The Kier molecular flexibility index (Phi) is 7.64. The third kappa shape index (κ3) is 5.79. The van der Waals surface area contributed by atoms with Gasteiger partial charge in [0, 0.05) is 18.4 Å². The van der Waals surface area contributed by atoms with Crippen molar-refractivity contribution in [3.05, 3.63) is 70.4 Å². The van der Waals surface area contributed by atoms with Gasteiger partial charge in [0.15, 0.2) is 0 Å². The van der Waals surface area contributed by atoms with Crippen LogP contribution < -0.4 is 5.69 Å². The van der Waals surface area contributed by atoms with E-state index in [9.17, 15) is 9.59 Å². The van der Waals surface area contributed by atoms with Gasteiger partial charge in [-0.3, -0.25) is 9.36 Å². The molecule has 0 atom stereocenters. The van der Waals surface area contributed by atoms with Crippen molar-refractivity contribution in [2.45, 2.75) is 59.4 Å². The minimum absolute atomic E-state index is 0.238. The van der Waals surface area contributed by atoms with E-state index in [-0.39, 0.29) is 11.6 Å². The van der Waals surface area contributed by atoms with Gasteiger partial charge in [-0.1, -0.05) is 69.7 Å². The first-order chi connectivity index (χ1) is 17.0. The monoisotopic (exact) mass is 473 g/mol. The Balaban J connectivity index is 1.58. The molecular formula is C26H31N7O2. The lowest BCUT2D eigenvalue weighted by molar-refractivity contribution is 0.0878. The van der Waals surface area contributed by atoms with Crippen molar-refractivity contribution in [2.75, 3.05) is 0 Å². The lowest BCUT2D eigenvalue weighted by atomic mass is 10.0. The van der Waals surface area contributed by atoms with E-state index in [1.807, 2.05) is 55.5 Å². The van der Waals surface area contributed by atoms with E-state index < -0.39 is 0 Å². The number of H-pyrrole nitrogens is 1. The van der Waals surface area contributed by atoms with E-state index in [2.05, 4.69) is 39.6 Å². The minimum atomic E-state index is -0.359. The highest BCUT2D eigenvalue weighted by molar-refractivity contribution is 5.77. The summed E-state index contributed by atoms with van der Waals surface area (Å²) in [4.78, 5) is 25.7. The summed E-state index contributed by atoms with van der Waals surface area (Å²) in [6.07, 6.45) is 3.52. The van der Waals surface area contributed by atoms with Gasteiger partial charge in [0.1, 0.15) is 5.82 Å². The third-order valence-electron chi connectivity index (χ3n) is 5.96. The molecule has 0 bridgehead atoms. The number of unbranched alkanes of at least 4 members (excludes halogenated alkanes) is 1. The zero-order chi connectivity index (χ0) is 24.8. The van der Waals surface area contributed by atoms with Gasteiger partial charge in [-0.2, -0.15) is 5.21 Å². The van der Waals surface area contributed by atoms with Gasteiger partial charge in [0.25, 0.3) is 5.91 Å². The van der Waals surface area contributed by atoms with Gasteiger partial charge >= 0.3 is 5.69 Å². The maximum absolute atomic E-state index is 13.1. The molecule has 9 nitrogen and oxygen atoms in total. The maximum atomic E-state index is 13.1. The van der Waals surface area contributed by atoms with Gasteiger partial charge in [0.2, 0.25) is 5.82 Å². The molecule has 0 aliphatic rings. The summed E-state index contributed by atoms with van der Waals surface area (Å²) in [5, 5.41) is 18.6. The number of hydrogen-bond acceptors (Lipinski definition) is 6. The van der Waals surface area contributed by atoms with E-state index in [1.54, 1.807) is 4.57 Å². The second kappa shape index (κ2) is 11.0. The Morgan fingerprint density at radius 3 is 2.51 bits per heavy atom. The highest BCUT2D eigenvalue weighted by Gasteiger charge is 2.18. The molecule has 0 radical (unpaired) electrons. The van der Waals surface area contributed by atoms with Gasteiger partial charge in [0.05, 0.1) is 6.54 Å². The molecule has 0 saturated carbocycles. The normalized spacial score (nSPS) is 11.3. The number of nitrogens with one attached hydrogen (secondary N) is 1. The van der Waals surface area contributed by atoms with Crippen LogP contribution in [-0.2, 0) is 13.0 Å². The summed E-state index contributed by atoms with van der Waals surface area (Å²) in [6.45, 7) is 6.67. The third-order valence-corrected chi connectivity index (χ3v) is 5.96. The molecule has 35 heavy (non-hydrogen) atoms. The number of carbonyl (C=O) groups is 1. The second-order valence-electron chi connectivity index (χ2n) is 9.14. The van der Waals surface area contributed by atoms with Crippen molar-refractivity contribution < 1.29 is 4.79 Å². The molecular weight excluding hydrogens is 442 g/mol. The van der Waals surface area contributed by atoms with Crippen LogP contribution >= 0.6 is 0 Å². The van der Waals surface area contributed by atoms with Crippen LogP contribution in [0.1, 0.15) is 62.6 Å². The van der Waals surface area contributed by atoms with Crippen LogP contribution in [0.5, 0.6) is 0 Å². The number of carbonyl (C=O) groups excluding carboxylic acids is 1. The number of tetrazole rings is 1. The predicted octanol–water partition coefficient (Wildman–Crippen LogP) is 4.36. The zero-order valence-electron chi connectivity index (χ0n) is 20.4. The molecule has 0 unspecified atom stereocenters. The van der Waals surface area contributed by atoms with Gasteiger partial charge in [-0.25, -0.2) is 4.79 Å². The van der Waals surface area contributed by atoms with Crippen molar-refractivity contribution in [3.8, 4) is 22.5 Å². The quantitative estimate of drug-likeness (QED) is 0.366. The molecule has 2 aromatic carbocycles. The number of nitrogens with zero attached hydrogens (tertiary/aromatic N) is 6. The zero-order valence-corrected chi connectivity index (χ0v) is 20.4. The molecule has 1 N–H and O–H groups in total. The Hall–Kier alpha value is -3.88. The summed E-state index contributed by atoms with van der Waals surface area (Å²) in [6, 6.07) is 16.0. The first-order valence-electron chi connectivity index (χ1n) is 12.1. The molecule has 0 aliphatic carbocycles. The second-order valence-corrected chi connectivity index (χ2v) is 9.14. The fourth-order valence-electron chi connectivity index (χ4n) is 3.90. The van der Waals surface area contributed by atoms with E-state index in [0.29, 0.717) is 37.0 Å².